The largest absolute Gasteiger partial charge is 0.474 e. The standard InChI is InChI=1S/C25H40N6O2/c1-5-20(6-2)33-22-10-9-21-23(28-29(4)24(21)27-22)25(32)26-19-11-14-30(15-12-19)16-17-31-13-7-8-18(31)3/h9-10,18-20H,5-8,11-17H2,1-4H3,(H,26,32)/t18-/m1/s1. The van der Waals surface area contributed by atoms with Crippen molar-refractivity contribution in [1.29, 1.82) is 0 Å². The molecular formula is C25H40N6O2. The van der Waals surface area contributed by atoms with Gasteiger partial charge in [0.1, 0.15) is 0 Å². The number of carbonyl (C=O) groups excluding carboxylic acids is 1. The van der Waals surface area contributed by atoms with Crippen LogP contribution >= 0.6 is 0 Å². The Morgan fingerprint density at radius 2 is 1.91 bits per heavy atom. The number of nitrogens with zero attached hydrogens (tertiary/aromatic N) is 5. The highest BCUT2D eigenvalue weighted by molar-refractivity contribution is 6.04. The molecule has 182 valence electrons. The number of nitrogens with one attached hydrogen (secondary N) is 1. The van der Waals surface area contributed by atoms with Crippen molar-refractivity contribution in [3.8, 4) is 5.88 Å². The average molecular weight is 457 g/mol. The third-order valence-electron chi connectivity index (χ3n) is 7.39. The summed E-state index contributed by atoms with van der Waals surface area (Å²) in [5, 5.41) is 8.47. The first-order chi connectivity index (χ1) is 16.0. The molecule has 0 aromatic carbocycles. The predicted octanol–water partition coefficient (Wildman–Crippen LogP) is 3.21. The minimum absolute atomic E-state index is 0.111. The number of aryl methyl sites for hydroxylation is 1. The molecule has 4 rings (SSSR count). The van der Waals surface area contributed by atoms with Crippen molar-refractivity contribution < 1.29 is 9.53 Å². The second-order valence-electron chi connectivity index (χ2n) is 9.67. The number of hydrogen-bond donors (Lipinski definition) is 1. The maximum atomic E-state index is 13.0. The van der Waals surface area contributed by atoms with Gasteiger partial charge in [0, 0.05) is 51.4 Å². The van der Waals surface area contributed by atoms with E-state index in [9.17, 15) is 4.79 Å². The highest BCUT2D eigenvalue weighted by atomic mass is 16.5. The van der Waals surface area contributed by atoms with Crippen LogP contribution in [0.1, 0.15) is 69.8 Å². The van der Waals surface area contributed by atoms with E-state index in [1.165, 1.54) is 19.4 Å². The molecule has 0 bridgehead atoms. The summed E-state index contributed by atoms with van der Waals surface area (Å²) in [6, 6.07) is 4.68. The third kappa shape index (κ3) is 5.66. The second kappa shape index (κ2) is 10.8. The molecule has 0 aliphatic carbocycles. The summed E-state index contributed by atoms with van der Waals surface area (Å²) in [7, 11) is 1.83. The van der Waals surface area contributed by atoms with E-state index in [1.54, 1.807) is 4.68 Å². The molecule has 2 aliphatic rings. The Kier molecular flexibility index (Phi) is 7.86. The van der Waals surface area contributed by atoms with E-state index in [0.29, 0.717) is 17.2 Å². The molecule has 1 amide bonds. The summed E-state index contributed by atoms with van der Waals surface area (Å²) < 4.78 is 7.65. The molecule has 2 aliphatic heterocycles. The summed E-state index contributed by atoms with van der Waals surface area (Å²) in [6.07, 6.45) is 6.65. The molecule has 1 N–H and O–H groups in total. The van der Waals surface area contributed by atoms with Gasteiger partial charge in [-0.2, -0.15) is 10.1 Å². The van der Waals surface area contributed by atoms with E-state index in [-0.39, 0.29) is 18.1 Å². The van der Waals surface area contributed by atoms with Crippen LogP contribution in [0.5, 0.6) is 5.88 Å². The van der Waals surface area contributed by atoms with Crippen LogP contribution in [0, 0.1) is 0 Å². The Hall–Kier alpha value is -2.19. The number of rotatable bonds is 9. The molecule has 2 saturated heterocycles. The van der Waals surface area contributed by atoms with Gasteiger partial charge in [0.05, 0.1) is 11.5 Å². The molecule has 2 fully saturated rings. The lowest BCUT2D eigenvalue weighted by Crippen LogP contribution is -2.46. The van der Waals surface area contributed by atoms with Gasteiger partial charge in [0.15, 0.2) is 11.3 Å². The van der Waals surface area contributed by atoms with Gasteiger partial charge in [0.2, 0.25) is 5.88 Å². The Labute approximate surface area is 197 Å². The number of pyridine rings is 1. The van der Waals surface area contributed by atoms with Gasteiger partial charge in [-0.05, 0) is 58.1 Å². The van der Waals surface area contributed by atoms with Crippen LogP contribution in [0.15, 0.2) is 12.1 Å². The van der Waals surface area contributed by atoms with Gasteiger partial charge in [-0.1, -0.05) is 13.8 Å². The lowest BCUT2D eigenvalue weighted by molar-refractivity contribution is 0.0902. The van der Waals surface area contributed by atoms with Crippen LogP contribution in [0.25, 0.3) is 11.0 Å². The van der Waals surface area contributed by atoms with Gasteiger partial charge < -0.3 is 15.0 Å². The first-order valence-corrected chi connectivity index (χ1v) is 12.8. The fourth-order valence-corrected chi connectivity index (χ4v) is 5.12. The minimum Gasteiger partial charge on any atom is -0.474 e. The van der Waals surface area contributed by atoms with Crippen LogP contribution in [-0.4, -0.2) is 81.4 Å². The van der Waals surface area contributed by atoms with Crippen LogP contribution in [0.4, 0.5) is 0 Å². The molecule has 1 atom stereocenters. The average Bonchev–Trinajstić information content (AvgIpc) is 3.39. The van der Waals surface area contributed by atoms with Crippen molar-refractivity contribution >= 4 is 16.9 Å². The van der Waals surface area contributed by atoms with Crippen LogP contribution in [-0.2, 0) is 7.05 Å². The van der Waals surface area contributed by atoms with E-state index < -0.39 is 0 Å². The van der Waals surface area contributed by atoms with Crippen LogP contribution in [0.3, 0.4) is 0 Å². The zero-order chi connectivity index (χ0) is 23.4. The summed E-state index contributed by atoms with van der Waals surface area (Å²) in [4.78, 5) is 22.8. The van der Waals surface area contributed by atoms with Crippen LogP contribution < -0.4 is 10.1 Å². The van der Waals surface area contributed by atoms with Gasteiger partial charge in [-0.15, -0.1) is 0 Å². The first-order valence-electron chi connectivity index (χ1n) is 12.8. The van der Waals surface area contributed by atoms with E-state index in [0.717, 1.165) is 63.3 Å². The summed E-state index contributed by atoms with van der Waals surface area (Å²) in [5.41, 5.74) is 1.12. The molecule has 0 radical (unpaired) electrons. The summed E-state index contributed by atoms with van der Waals surface area (Å²) >= 11 is 0. The lowest BCUT2D eigenvalue weighted by atomic mass is 10.0. The molecule has 2 aromatic heterocycles. The fraction of sp³-hybridized carbons (Fsp3) is 0.720. The van der Waals surface area contributed by atoms with E-state index >= 15 is 0 Å². The quantitative estimate of drug-likeness (QED) is 0.625. The molecule has 0 unspecified atom stereocenters. The molecule has 0 saturated carbocycles. The molecule has 33 heavy (non-hydrogen) atoms. The van der Waals surface area contributed by atoms with Gasteiger partial charge in [0.25, 0.3) is 5.91 Å². The number of likely N-dealkylation sites (tertiary alicyclic amines) is 2. The topological polar surface area (TPSA) is 75.5 Å². The number of fused-ring (bicyclic) bond motifs is 1. The minimum atomic E-state index is -0.111. The maximum absolute atomic E-state index is 13.0. The Morgan fingerprint density at radius 3 is 2.58 bits per heavy atom. The Balaban J connectivity index is 1.31. The monoisotopic (exact) mass is 456 g/mol. The van der Waals surface area contributed by atoms with E-state index in [1.807, 2.05) is 19.2 Å². The molecule has 0 spiro atoms. The maximum Gasteiger partial charge on any atom is 0.272 e. The number of aromatic nitrogens is 3. The normalized spacial score (nSPS) is 20.7. The Bertz CT molecular complexity index is 932. The molecule has 8 heteroatoms. The molecule has 4 heterocycles. The first kappa shape index (κ1) is 24.0. The van der Waals surface area contributed by atoms with Crippen molar-refractivity contribution in [3.05, 3.63) is 17.8 Å². The molecule has 8 nitrogen and oxygen atoms in total. The SMILES string of the molecule is CCC(CC)Oc1ccc2c(C(=O)NC3CCN(CCN4CCC[C@H]4C)CC3)nn(C)c2n1. The zero-order valence-electron chi connectivity index (χ0n) is 20.7. The van der Waals surface area contributed by atoms with Gasteiger partial charge in [-0.25, -0.2) is 4.68 Å². The fourth-order valence-electron chi connectivity index (χ4n) is 5.12. The van der Waals surface area contributed by atoms with Crippen molar-refractivity contribution in [2.24, 2.45) is 7.05 Å². The molecular weight excluding hydrogens is 416 g/mol. The number of amides is 1. The summed E-state index contributed by atoms with van der Waals surface area (Å²) in [5.74, 6) is 0.474. The van der Waals surface area contributed by atoms with E-state index in [2.05, 4.69) is 46.0 Å². The predicted molar refractivity (Wildman–Crippen MR) is 131 cm³/mol. The van der Waals surface area contributed by atoms with Crippen molar-refractivity contribution in [1.82, 2.24) is 29.9 Å². The Morgan fingerprint density at radius 1 is 1.15 bits per heavy atom. The zero-order valence-corrected chi connectivity index (χ0v) is 20.7. The third-order valence-corrected chi connectivity index (χ3v) is 7.39. The summed E-state index contributed by atoms with van der Waals surface area (Å²) in [6.45, 7) is 12.2. The van der Waals surface area contributed by atoms with Crippen molar-refractivity contribution in [2.75, 3.05) is 32.7 Å². The second-order valence-corrected chi connectivity index (χ2v) is 9.67. The van der Waals surface area contributed by atoms with Gasteiger partial charge >= 0.3 is 0 Å². The number of ether oxygens (including phenoxy) is 1. The van der Waals surface area contributed by atoms with Gasteiger partial charge in [-0.3, -0.25) is 9.69 Å². The van der Waals surface area contributed by atoms with Crippen molar-refractivity contribution in [3.63, 3.8) is 0 Å². The highest BCUT2D eigenvalue weighted by Gasteiger charge is 2.26. The van der Waals surface area contributed by atoms with Crippen LogP contribution in [0.2, 0.25) is 0 Å². The highest BCUT2D eigenvalue weighted by Crippen LogP contribution is 2.22. The smallest absolute Gasteiger partial charge is 0.272 e. The number of piperidine rings is 1. The van der Waals surface area contributed by atoms with E-state index in [4.69, 9.17) is 4.74 Å². The van der Waals surface area contributed by atoms with Crippen molar-refractivity contribution in [2.45, 2.75) is 77.5 Å². The molecule has 2 aromatic rings. The number of hydrogen-bond acceptors (Lipinski definition) is 6. The lowest BCUT2D eigenvalue weighted by Gasteiger charge is -2.33. The number of carbonyl (C=O) groups is 1.